The molecule has 1 N–H and O–H groups in total. The summed E-state index contributed by atoms with van der Waals surface area (Å²) in [4.78, 5) is 24.7. The highest BCUT2D eigenvalue weighted by Gasteiger charge is 2.11. The summed E-state index contributed by atoms with van der Waals surface area (Å²) in [6.45, 7) is 2.21. The summed E-state index contributed by atoms with van der Waals surface area (Å²) in [6.07, 6.45) is 3.04. The fourth-order valence-corrected chi connectivity index (χ4v) is 2.35. The van der Waals surface area contributed by atoms with Gasteiger partial charge in [0.15, 0.2) is 0 Å². The van der Waals surface area contributed by atoms with E-state index in [2.05, 4.69) is 10.5 Å². The Morgan fingerprint density at radius 1 is 1.16 bits per heavy atom. The van der Waals surface area contributed by atoms with Crippen molar-refractivity contribution in [3.8, 4) is 0 Å². The summed E-state index contributed by atoms with van der Waals surface area (Å²) >= 11 is 0. The van der Waals surface area contributed by atoms with Crippen molar-refractivity contribution in [3.05, 3.63) is 93.8 Å². The molecule has 2 heterocycles. The van der Waals surface area contributed by atoms with Gasteiger partial charge in [0, 0.05) is 6.20 Å². The van der Waals surface area contributed by atoms with E-state index in [1.165, 1.54) is 16.8 Å². The number of hydrazone groups is 1. The van der Waals surface area contributed by atoms with Crippen molar-refractivity contribution in [1.29, 1.82) is 0 Å². The number of aryl methyl sites for hydroxylation is 1. The zero-order chi connectivity index (χ0) is 17.6. The molecule has 6 heteroatoms. The second kappa shape index (κ2) is 7.44. The van der Waals surface area contributed by atoms with Crippen LogP contribution in [-0.2, 0) is 6.54 Å². The van der Waals surface area contributed by atoms with Gasteiger partial charge in [-0.05, 0) is 36.8 Å². The van der Waals surface area contributed by atoms with Crippen molar-refractivity contribution in [2.75, 3.05) is 0 Å². The Hall–Kier alpha value is -3.41. The predicted molar refractivity (Wildman–Crippen MR) is 94.8 cm³/mol. The molecule has 0 spiro atoms. The maximum absolute atomic E-state index is 12.5. The van der Waals surface area contributed by atoms with E-state index in [-0.39, 0.29) is 11.1 Å². The largest absolute Gasteiger partial charge is 0.460 e. The van der Waals surface area contributed by atoms with E-state index in [4.69, 9.17) is 4.42 Å². The molecule has 0 saturated carbocycles. The number of hydrogen-bond acceptors (Lipinski definition) is 4. The molecule has 0 aliphatic rings. The van der Waals surface area contributed by atoms with Crippen LogP contribution >= 0.6 is 0 Å². The molecular weight excluding hydrogens is 318 g/mol. The Kier molecular flexibility index (Phi) is 4.89. The lowest BCUT2D eigenvalue weighted by atomic mass is 10.2. The molecule has 3 aromatic rings. The number of aromatic nitrogens is 1. The Labute approximate surface area is 144 Å². The molecule has 0 unspecified atom stereocenters. The average Bonchev–Trinajstić information content (AvgIpc) is 3.03. The minimum absolute atomic E-state index is 0.0335. The number of amides is 1. The van der Waals surface area contributed by atoms with Gasteiger partial charge in [0.2, 0.25) is 0 Å². The minimum atomic E-state index is -0.563. The molecule has 25 heavy (non-hydrogen) atoms. The summed E-state index contributed by atoms with van der Waals surface area (Å²) < 4.78 is 6.80. The van der Waals surface area contributed by atoms with Gasteiger partial charge < -0.3 is 8.98 Å². The number of nitrogens with zero attached hydrogens (tertiary/aromatic N) is 2. The molecule has 0 aliphatic carbocycles. The van der Waals surface area contributed by atoms with Crippen LogP contribution < -0.4 is 11.0 Å². The van der Waals surface area contributed by atoms with E-state index in [1.54, 1.807) is 24.4 Å². The first-order valence-corrected chi connectivity index (χ1v) is 7.77. The standard InChI is InChI=1S/C19H17N3O3/c1-14-9-10-16(25-14)12-20-21-18(23)17-8-5-11-22(19(17)24)13-15-6-3-2-4-7-15/h2-12H,13H2,1H3,(H,21,23)/b20-12-. The second-order valence-electron chi connectivity index (χ2n) is 5.49. The fourth-order valence-electron chi connectivity index (χ4n) is 2.35. The smallest absolute Gasteiger partial charge is 0.276 e. The Bertz CT molecular complexity index is 955. The van der Waals surface area contributed by atoms with Gasteiger partial charge in [0.05, 0.1) is 12.8 Å². The van der Waals surface area contributed by atoms with E-state index in [0.29, 0.717) is 12.3 Å². The van der Waals surface area contributed by atoms with Crippen LogP contribution in [0.1, 0.15) is 27.4 Å². The van der Waals surface area contributed by atoms with E-state index < -0.39 is 5.91 Å². The molecule has 0 fully saturated rings. The quantitative estimate of drug-likeness (QED) is 0.575. The zero-order valence-corrected chi connectivity index (χ0v) is 13.7. The number of hydrogen-bond donors (Lipinski definition) is 1. The van der Waals surface area contributed by atoms with Gasteiger partial charge in [-0.15, -0.1) is 0 Å². The molecule has 2 aromatic heterocycles. The molecule has 0 atom stereocenters. The molecule has 0 saturated heterocycles. The number of carbonyl (C=O) groups is 1. The van der Waals surface area contributed by atoms with Gasteiger partial charge in [-0.2, -0.15) is 5.10 Å². The van der Waals surface area contributed by atoms with Crippen LogP contribution in [0, 0.1) is 6.92 Å². The third-order valence-electron chi connectivity index (χ3n) is 3.58. The molecule has 6 nitrogen and oxygen atoms in total. The van der Waals surface area contributed by atoms with Gasteiger partial charge in [0.1, 0.15) is 17.1 Å². The number of carbonyl (C=O) groups excluding carboxylic acids is 1. The van der Waals surface area contributed by atoms with Crippen molar-refractivity contribution < 1.29 is 9.21 Å². The highest BCUT2D eigenvalue weighted by atomic mass is 16.3. The number of benzene rings is 1. The highest BCUT2D eigenvalue weighted by Crippen LogP contribution is 2.03. The SMILES string of the molecule is Cc1ccc(/C=N\NC(=O)c2cccn(Cc3ccccc3)c2=O)o1. The van der Waals surface area contributed by atoms with E-state index in [0.717, 1.165) is 11.3 Å². The maximum atomic E-state index is 12.5. The van der Waals surface area contributed by atoms with Crippen molar-refractivity contribution in [2.24, 2.45) is 5.10 Å². The summed E-state index contributed by atoms with van der Waals surface area (Å²) in [6, 6.07) is 16.2. The summed E-state index contributed by atoms with van der Waals surface area (Å²) in [7, 11) is 0. The van der Waals surface area contributed by atoms with Crippen LogP contribution in [-0.4, -0.2) is 16.7 Å². The van der Waals surface area contributed by atoms with Crippen molar-refractivity contribution in [1.82, 2.24) is 9.99 Å². The number of rotatable bonds is 5. The van der Waals surface area contributed by atoms with Crippen LogP contribution in [0.25, 0.3) is 0 Å². The topological polar surface area (TPSA) is 76.6 Å². The van der Waals surface area contributed by atoms with Gasteiger partial charge in [-0.1, -0.05) is 30.3 Å². The van der Waals surface area contributed by atoms with Crippen LogP contribution in [0.5, 0.6) is 0 Å². The van der Waals surface area contributed by atoms with Crippen LogP contribution in [0.4, 0.5) is 0 Å². The third kappa shape index (κ3) is 4.11. The first-order chi connectivity index (χ1) is 12.1. The number of pyridine rings is 1. The summed E-state index contributed by atoms with van der Waals surface area (Å²) in [5.41, 5.74) is 2.99. The molecule has 1 aromatic carbocycles. The van der Waals surface area contributed by atoms with Crippen molar-refractivity contribution in [2.45, 2.75) is 13.5 Å². The first-order valence-electron chi connectivity index (χ1n) is 7.77. The second-order valence-corrected chi connectivity index (χ2v) is 5.49. The number of nitrogens with one attached hydrogen (secondary N) is 1. The number of furan rings is 1. The highest BCUT2D eigenvalue weighted by molar-refractivity contribution is 5.94. The average molecular weight is 335 g/mol. The fraction of sp³-hybridized carbons (Fsp3) is 0.105. The lowest BCUT2D eigenvalue weighted by Crippen LogP contribution is -2.30. The molecule has 3 rings (SSSR count). The summed E-state index contributed by atoms with van der Waals surface area (Å²) in [5.74, 6) is 0.707. The van der Waals surface area contributed by atoms with Gasteiger partial charge in [-0.3, -0.25) is 9.59 Å². The predicted octanol–water partition coefficient (Wildman–Crippen LogP) is 2.56. The van der Waals surface area contributed by atoms with Crippen LogP contribution in [0.15, 0.2) is 75.1 Å². The first kappa shape index (κ1) is 16.4. The molecule has 1 amide bonds. The van der Waals surface area contributed by atoms with Crippen LogP contribution in [0.2, 0.25) is 0 Å². The van der Waals surface area contributed by atoms with E-state index in [9.17, 15) is 9.59 Å². The van der Waals surface area contributed by atoms with Gasteiger partial charge >= 0.3 is 0 Å². The monoisotopic (exact) mass is 335 g/mol. The van der Waals surface area contributed by atoms with Gasteiger partial charge in [-0.25, -0.2) is 5.43 Å². The Balaban J connectivity index is 1.73. The zero-order valence-electron chi connectivity index (χ0n) is 13.7. The molecular formula is C19H17N3O3. The third-order valence-corrected chi connectivity index (χ3v) is 3.58. The van der Waals surface area contributed by atoms with Gasteiger partial charge in [0.25, 0.3) is 11.5 Å². The van der Waals surface area contributed by atoms with Crippen molar-refractivity contribution in [3.63, 3.8) is 0 Å². The summed E-state index contributed by atoms with van der Waals surface area (Å²) in [5, 5.41) is 3.82. The normalized spacial score (nSPS) is 10.9. The Morgan fingerprint density at radius 3 is 2.68 bits per heavy atom. The Morgan fingerprint density at radius 2 is 1.96 bits per heavy atom. The van der Waals surface area contributed by atoms with Crippen LogP contribution in [0.3, 0.4) is 0 Å². The minimum Gasteiger partial charge on any atom is -0.460 e. The van der Waals surface area contributed by atoms with E-state index in [1.807, 2.05) is 37.3 Å². The molecule has 0 bridgehead atoms. The molecule has 0 aliphatic heterocycles. The van der Waals surface area contributed by atoms with E-state index >= 15 is 0 Å². The lowest BCUT2D eigenvalue weighted by molar-refractivity contribution is 0.0953. The van der Waals surface area contributed by atoms with Crippen molar-refractivity contribution >= 4 is 12.1 Å². The molecule has 126 valence electrons. The maximum Gasteiger partial charge on any atom is 0.276 e. The lowest BCUT2D eigenvalue weighted by Gasteiger charge is -2.07. The molecule has 0 radical (unpaired) electrons.